The standard InChI is InChI=1S/C10H10N2O2S/c11-7-8-3-1-2-4-10(8)15(13,14)12-9-5-6-9/h1-4,9,12H,5-6H2. The van der Waals surface area contributed by atoms with Gasteiger partial charge >= 0.3 is 0 Å². The van der Waals surface area contributed by atoms with E-state index in [1.54, 1.807) is 12.1 Å². The van der Waals surface area contributed by atoms with Gasteiger partial charge in [0.1, 0.15) is 6.07 Å². The molecule has 0 spiro atoms. The van der Waals surface area contributed by atoms with E-state index >= 15 is 0 Å². The van der Waals surface area contributed by atoms with Gasteiger partial charge in [-0.1, -0.05) is 12.1 Å². The molecular weight excluding hydrogens is 212 g/mol. The molecule has 0 heterocycles. The van der Waals surface area contributed by atoms with Crippen LogP contribution in [0, 0.1) is 11.3 Å². The van der Waals surface area contributed by atoms with Crippen LogP contribution in [0.4, 0.5) is 0 Å². The molecule has 0 amide bonds. The number of hydrogen-bond donors (Lipinski definition) is 1. The zero-order valence-electron chi connectivity index (χ0n) is 7.97. The van der Waals surface area contributed by atoms with Crippen LogP contribution in [0.15, 0.2) is 29.2 Å². The van der Waals surface area contributed by atoms with Crippen LogP contribution < -0.4 is 4.72 Å². The van der Waals surface area contributed by atoms with Gasteiger partial charge in [0.25, 0.3) is 0 Å². The van der Waals surface area contributed by atoms with Gasteiger partial charge < -0.3 is 0 Å². The molecule has 2 rings (SSSR count). The first-order valence-corrected chi connectivity index (χ1v) is 6.13. The summed E-state index contributed by atoms with van der Waals surface area (Å²) in [6.07, 6.45) is 1.77. The predicted molar refractivity (Wildman–Crippen MR) is 54.5 cm³/mol. The van der Waals surface area contributed by atoms with Crippen molar-refractivity contribution in [1.29, 1.82) is 5.26 Å². The molecule has 0 aliphatic heterocycles. The Morgan fingerprint density at radius 2 is 2.00 bits per heavy atom. The SMILES string of the molecule is N#Cc1ccccc1S(=O)(=O)NC1CC1. The van der Waals surface area contributed by atoms with Gasteiger partial charge in [-0.25, -0.2) is 13.1 Å². The van der Waals surface area contributed by atoms with Crippen LogP contribution in [0.25, 0.3) is 0 Å². The van der Waals surface area contributed by atoms with Crippen LogP contribution in [0.1, 0.15) is 18.4 Å². The molecule has 0 saturated heterocycles. The fourth-order valence-corrected chi connectivity index (χ4v) is 2.74. The molecule has 0 unspecified atom stereocenters. The Labute approximate surface area is 88.6 Å². The minimum absolute atomic E-state index is 0.0572. The summed E-state index contributed by atoms with van der Waals surface area (Å²) in [5.41, 5.74) is 0.186. The van der Waals surface area contributed by atoms with Crippen molar-refractivity contribution in [2.75, 3.05) is 0 Å². The third-order valence-corrected chi connectivity index (χ3v) is 3.77. The molecule has 0 atom stereocenters. The molecule has 78 valence electrons. The Morgan fingerprint density at radius 3 is 2.60 bits per heavy atom. The summed E-state index contributed by atoms with van der Waals surface area (Å²) in [5.74, 6) is 0. The first-order valence-electron chi connectivity index (χ1n) is 4.65. The third kappa shape index (κ3) is 2.17. The quantitative estimate of drug-likeness (QED) is 0.829. The lowest BCUT2D eigenvalue weighted by atomic mass is 10.2. The molecule has 5 heteroatoms. The van der Waals surface area contributed by atoms with Gasteiger partial charge in [-0.15, -0.1) is 0 Å². The number of sulfonamides is 1. The highest BCUT2D eigenvalue weighted by molar-refractivity contribution is 7.89. The summed E-state index contributed by atoms with van der Waals surface area (Å²) in [6, 6.07) is 8.14. The molecular formula is C10H10N2O2S. The van der Waals surface area contributed by atoms with Crippen molar-refractivity contribution >= 4 is 10.0 Å². The molecule has 1 aromatic carbocycles. The monoisotopic (exact) mass is 222 g/mol. The zero-order chi connectivity index (χ0) is 10.9. The Kier molecular flexibility index (Phi) is 2.47. The summed E-state index contributed by atoms with van der Waals surface area (Å²) in [4.78, 5) is 0.0689. The van der Waals surface area contributed by atoms with Gasteiger partial charge in [-0.3, -0.25) is 0 Å². The van der Waals surface area contributed by atoms with Crippen LogP contribution in [0.2, 0.25) is 0 Å². The smallest absolute Gasteiger partial charge is 0.208 e. The number of nitrogens with one attached hydrogen (secondary N) is 1. The van der Waals surface area contributed by atoms with Crippen molar-refractivity contribution in [2.45, 2.75) is 23.8 Å². The molecule has 15 heavy (non-hydrogen) atoms. The van der Waals surface area contributed by atoms with Gasteiger partial charge in [-0.2, -0.15) is 5.26 Å². The van der Waals surface area contributed by atoms with E-state index in [1.807, 2.05) is 6.07 Å². The zero-order valence-corrected chi connectivity index (χ0v) is 8.79. The molecule has 1 aromatic rings. The Balaban J connectivity index is 2.39. The molecule has 4 nitrogen and oxygen atoms in total. The van der Waals surface area contributed by atoms with E-state index < -0.39 is 10.0 Å². The van der Waals surface area contributed by atoms with E-state index in [2.05, 4.69) is 4.72 Å². The lowest BCUT2D eigenvalue weighted by Gasteiger charge is -2.06. The van der Waals surface area contributed by atoms with E-state index in [1.165, 1.54) is 12.1 Å². The van der Waals surface area contributed by atoms with Gasteiger partial charge in [0, 0.05) is 6.04 Å². The highest BCUT2D eigenvalue weighted by Crippen LogP contribution is 2.23. The van der Waals surface area contributed by atoms with Crippen molar-refractivity contribution in [2.24, 2.45) is 0 Å². The number of rotatable bonds is 3. The van der Waals surface area contributed by atoms with E-state index in [4.69, 9.17) is 5.26 Å². The normalized spacial score (nSPS) is 15.9. The maximum Gasteiger partial charge on any atom is 0.242 e. The van der Waals surface area contributed by atoms with Crippen molar-refractivity contribution in [3.8, 4) is 6.07 Å². The first kappa shape index (κ1) is 10.1. The van der Waals surface area contributed by atoms with Crippen LogP contribution in [0.5, 0.6) is 0 Å². The van der Waals surface area contributed by atoms with Gasteiger partial charge in [-0.05, 0) is 25.0 Å². The lowest BCUT2D eigenvalue weighted by molar-refractivity contribution is 0.581. The minimum Gasteiger partial charge on any atom is -0.208 e. The van der Waals surface area contributed by atoms with E-state index in [9.17, 15) is 8.42 Å². The lowest BCUT2D eigenvalue weighted by Crippen LogP contribution is -2.26. The Hall–Kier alpha value is -1.38. The number of nitriles is 1. The van der Waals surface area contributed by atoms with E-state index in [0.29, 0.717) is 0 Å². The molecule has 1 saturated carbocycles. The summed E-state index contributed by atoms with van der Waals surface area (Å²) in [6.45, 7) is 0. The van der Waals surface area contributed by atoms with E-state index in [-0.39, 0.29) is 16.5 Å². The number of nitrogens with zero attached hydrogens (tertiary/aromatic N) is 1. The van der Waals surface area contributed by atoms with Gasteiger partial charge in [0.15, 0.2) is 0 Å². The molecule has 0 bridgehead atoms. The number of benzene rings is 1. The van der Waals surface area contributed by atoms with E-state index in [0.717, 1.165) is 12.8 Å². The van der Waals surface area contributed by atoms with Gasteiger partial charge in [0.2, 0.25) is 10.0 Å². The van der Waals surface area contributed by atoms with Crippen LogP contribution in [-0.2, 0) is 10.0 Å². The van der Waals surface area contributed by atoms with Crippen LogP contribution in [-0.4, -0.2) is 14.5 Å². The highest BCUT2D eigenvalue weighted by Gasteiger charge is 2.29. The fourth-order valence-electron chi connectivity index (χ4n) is 1.28. The average molecular weight is 222 g/mol. The Morgan fingerprint density at radius 1 is 1.33 bits per heavy atom. The minimum atomic E-state index is -3.51. The van der Waals surface area contributed by atoms with Crippen molar-refractivity contribution in [3.05, 3.63) is 29.8 Å². The summed E-state index contributed by atoms with van der Waals surface area (Å²) >= 11 is 0. The highest BCUT2D eigenvalue weighted by atomic mass is 32.2. The summed E-state index contributed by atoms with van der Waals surface area (Å²) in [5, 5.41) is 8.79. The topological polar surface area (TPSA) is 70.0 Å². The van der Waals surface area contributed by atoms with Gasteiger partial charge in [0.05, 0.1) is 10.5 Å². The summed E-state index contributed by atoms with van der Waals surface area (Å²) in [7, 11) is -3.51. The molecule has 1 aliphatic rings. The summed E-state index contributed by atoms with van der Waals surface area (Å²) < 4.78 is 26.1. The molecule has 0 radical (unpaired) electrons. The second-order valence-corrected chi connectivity index (χ2v) is 5.19. The fraction of sp³-hybridized carbons (Fsp3) is 0.300. The van der Waals surface area contributed by atoms with Crippen molar-refractivity contribution in [1.82, 2.24) is 4.72 Å². The molecule has 1 N–H and O–H groups in total. The molecule has 1 fully saturated rings. The van der Waals surface area contributed by atoms with Crippen LogP contribution in [0.3, 0.4) is 0 Å². The van der Waals surface area contributed by atoms with Crippen LogP contribution >= 0.6 is 0 Å². The second kappa shape index (κ2) is 3.65. The average Bonchev–Trinajstić information content (AvgIpc) is 3.01. The Bertz CT molecular complexity index is 512. The third-order valence-electron chi connectivity index (χ3n) is 2.20. The van der Waals surface area contributed by atoms with Crippen molar-refractivity contribution in [3.63, 3.8) is 0 Å². The largest absolute Gasteiger partial charge is 0.242 e. The maximum atomic E-state index is 11.8. The molecule has 0 aromatic heterocycles. The molecule has 1 aliphatic carbocycles. The van der Waals surface area contributed by atoms with Crippen molar-refractivity contribution < 1.29 is 8.42 Å². The first-order chi connectivity index (χ1) is 7.13. The maximum absolute atomic E-state index is 11.8. The predicted octanol–water partition coefficient (Wildman–Crippen LogP) is 0.999. The second-order valence-electron chi connectivity index (χ2n) is 3.50. The number of hydrogen-bond acceptors (Lipinski definition) is 3.